The molecule has 0 saturated heterocycles. The van der Waals surface area contributed by atoms with Gasteiger partial charge in [-0.2, -0.15) is 0 Å². The molecule has 0 aliphatic heterocycles. The average molecular weight is 619 g/mol. The Morgan fingerprint density at radius 1 is 0.951 bits per heavy atom. The summed E-state index contributed by atoms with van der Waals surface area (Å²) < 4.78 is 29.2. The van der Waals surface area contributed by atoms with E-state index in [0.29, 0.717) is 27.7 Å². The topological polar surface area (TPSA) is 86.8 Å². The molecule has 220 valence electrons. The second kappa shape index (κ2) is 13.3. The molecular formula is C31H37Cl2N3O4S. The lowest BCUT2D eigenvalue weighted by Gasteiger charge is -2.34. The van der Waals surface area contributed by atoms with Crippen molar-refractivity contribution in [2.24, 2.45) is 0 Å². The molecule has 0 aliphatic rings. The van der Waals surface area contributed by atoms with Crippen molar-refractivity contribution in [2.45, 2.75) is 71.0 Å². The number of para-hydroxylation sites is 1. The van der Waals surface area contributed by atoms with Crippen LogP contribution < -0.4 is 9.62 Å². The predicted octanol–water partition coefficient (Wildman–Crippen LogP) is 6.39. The smallest absolute Gasteiger partial charge is 0.264 e. The first-order valence-corrected chi connectivity index (χ1v) is 15.6. The summed E-state index contributed by atoms with van der Waals surface area (Å²) >= 11 is 12.5. The van der Waals surface area contributed by atoms with Gasteiger partial charge in [0, 0.05) is 22.1 Å². The van der Waals surface area contributed by atoms with Crippen molar-refractivity contribution in [1.29, 1.82) is 0 Å². The lowest BCUT2D eigenvalue weighted by Crippen LogP contribution is -2.54. The molecule has 41 heavy (non-hydrogen) atoms. The summed E-state index contributed by atoms with van der Waals surface area (Å²) in [6.07, 6.45) is 0.554. The molecule has 2 amide bonds. The Balaban J connectivity index is 2.10. The molecule has 1 unspecified atom stereocenters. The maximum absolute atomic E-state index is 14.1. The van der Waals surface area contributed by atoms with Gasteiger partial charge in [0.05, 0.1) is 10.6 Å². The number of carbonyl (C=O) groups excluding carboxylic acids is 2. The molecule has 1 N–H and O–H groups in total. The number of amides is 2. The average Bonchev–Trinajstić information content (AvgIpc) is 2.90. The van der Waals surface area contributed by atoms with Crippen LogP contribution in [0.4, 0.5) is 5.69 Å². The van der Waals surface area contributed by atoms with E-state index in [4.69, 9.17) is 23.2 Å². The van der Waals surface area contributed by atoms with Gasteiger partial charge in [-0.25, -0.2) is 8.42 Å². The zero-order valence-electron chi connectivity index (χ0n) is 24.2. The molecule has 7 nitrogen and oxygen atoms in total. The Morgan fingerprint density at radius 2 is 1.59 bits per heavy atom. The minimum absolute atomic E-state index is 0.0264. The van der Waals surface area contributed by atoms with Crippen LogP contribution in [0.3, 0.4) is 0 Å². The SMILES string of the molecule is CCc1ccccc1N(CC(=O)N(Cc1ccc(Cl)cc1Cl)C(C)C(=O)NC(C)(C)C)S(=O)(=O)c1ccc(C)cc1. The third kappa shape index (κ3) is 8.24. The molecule has 0 heterocycles. The van der Waals surface area contributed by atoms with E-state index in [-0.39, 0.29) is 17.3 Å². The summed E-state index contributed by atoms with van der Waals surface area (Å²) in [6, 6.07) is 17.5. The van der Waals surface area contributed by atoms with Gasteiger partial charge in [-0.3, -0.25) is 13.9 Å². The zero-order chi connectivity index (χ0) is 30.5. The molecule has 0 aromatic heterocycles. The summed E-state index contributed by atoms with van der Waals surface area (Å²) in [5.74, 6) is -0.938. The van der Waals surface area contributed by atoms with Crippen molar-refractivity contribution in [3.8, 4) is 0 Å². The molecule has 0 saturated carbocycles. The van der Waals surface area contributed by atoms with Crippen LogP contribution in [-0.4, -0.2) is 43.3 Å². The highest BCUT2D eigenvalue weighted by molar-refractivity contribution is 7.92. The third-order valence-corrected chi connectivity index (χ3v) is 8.91. The first kappa shape index (κ1) is 32.4. The molecule has 0 spiro atoms. The molecule has 10 heteroatoms. The number of rotatable bonds is 10. The molecule has 3 aromatic carbocycles. The molecule has 3 aromatic rings. The fourth-order valence-electron chi connectivity index (χ4n) is 4.29. The van der Waals surface area contributed by atoms with Crippen molar-refractivity contribution in [3.05, 3.63) is 93.5 Å². The van der Waals surface area contributed by atoms with Crippen LogP contribution in [0, 0.1) is 6.92 Å². The summed E-state index contributed by atoms with van der Waals surface area (Å²) in [5, 5.41) is 3.67. The van der Waals surface area contributed by atoms with E-state index in [1.54, 1.807) is 49.4 Å². The van der Waals surface area contributed by atoms with Gasteiger partial charge in [0.1, 0.15) is 12.6 Å². The number of hydrogen-bond donors (Lipinski definition) is 1. The Labute approximate surface area is 253 Å². The van der Waals surface area contributed by atoms with E-state index in [0.717, 1.165) is 15.4 Å². The van der Waals surface area contributed by atoms with Gasteiger partial charge in [0.25, 0.3) is 10.0 Å². The Bertz CT molecular complexity index is 1500. The first-order valence-electron chi connectivity index (χ1n) is 13.4. The second-order valence-corrected chi connectivity index (χ2v) is 13.7. The fraction of sp³-hybridized carbons (Fsp3) is 0.355. The molecule has 0 fully saturated rings. The number of aryl methyl sites for hydroxylation is 2. The number of benzene rings is 3. The van der Waals surface area contributed by atoms with Gasteiger partial charge in [0.2, 0.25) is 11.8 Å². The van der Waals surface area contributed by atoms with Crippen LogP contribution >= 0.6 is 23.2 Å². The molecule has 0 bridgehead atoms. The van der Waals surface area contributed by atoms with Gasteiger partial charge in [-0.15, -0.1) is 0 Å². The van der Waals surface area contributed by atoms with Crippen molar-refractivity contribution in [1.82, 2.24) is 10.2 Å². The van der Waals surface area contributed by atoms with Crippen LogP contribution in [0.5, 0.6) is 0 Å². The van der Waals surface area contributed by atoms with E-state index in [9.17, 15) is 18.0 Å². The molecule has 3 rings (SSSR count). The number of halogens is 2. The summed E-state index contributed by atoms with van der Waals surface area (Å²) in [4.78, 5) is 28.8. The van der Waals surface area contributed by atoms with Gasteiger partial charge in [-0.05, 0) is 82.5 Å². The number of anilines is 1. The van der Waals surface area contributed by atoms with Crippen molar-refractivity contribution < 1.29 is 18.0 Å². The van der Waals surface area contributed by atoms with Crippen molar-refractivity contribution in [3.63, 3.8) is 0 Å². The molecular weight excluding hydrogens is 581 g/mol. The lowest BCUT2D eigenvalue weighted by atomic mass is 10.1. The summed E-state index contributed by atoms with van der Waals surface area (Å²) in [7, 11) is -4.15. The fourth-order valence-corrected chi connectivity index (χ4v) is 6.21. The third-order valence-electron chi connectivity index (χ3n) is 6.55. The highest BCUT2D eigenvalue weighted by atomic mass is 35.5. The molecule has 0 aliphatic carbocycles. The van der Waals surface area contributed by atoms with Gasteiger partial charge < -0.3 is 10.2 Å². The van der Waals surface area contributed by atoms with E-state index in [1.165, 1.54) is 17.0 Å². The van der Waals surface area contributed by atoms with Crippen LogP contribution in [0.15, 0.2) is 71.6 Å². The van der Waals surface area contributed by atoms with Gasteiger partial charge >= 0.3 is 0 Å². The van der Waals surface area contributed by atoms with Gasteiger partial charge in [0.15, 0.2) is 0 Å². The van der Waals surface area contributed by atoms with Gasteiger partial charge in [-0.1, -0.05) is 72.1 Å². The maximum Gasteiger partial charge on any atom is 0.264 e. The Hall–Kier alpha value is -3.07. The maximum atomic E-state index is 14.1. The van der Waals surface area contributed by atoms with Crippen LogP contribution in [0.2, 0.25) is 10.0 Å². The number of carbonyl (C=O) groups is 2. The number of nitrogens with one attached hydrogen (secondary N) is 1. The second-order valence-electron chi connectivity index (χ2n) is 11.0. The standard InChI is InChI=1S/C31H37Cl2N3O4S/c1-7-23-10-8-9-11-28(23)36(41(39,40)26-16-12-21(2)13-17-26)20-29(37)35(22(3)30(38)34-31(4,5)6)19-24-14-15-25(32)18-27(24)33/h8-18,22H,7,19-20H2,1-6H3,(H,34,38). The minimum atomic E-state index is -4.15. The normalized spacial score (nSPS) is 12.5. The van der Waals surface area contributed by atoms with E-state index < -0.39 is 34.1 Å². The van der Waals surface area contributed by atoms with Crippen molar-refractivity contribution in [2.75, 3.05) is 10.8 Å². The minimum Gasteiger partial charge on any atom is -0.350 e. The summed E-state index contributed by atoms with van der Waals surface area (Å²) in [6.45, 7) is 10.4. The van der Waals surface area contributed by atoms with E-state index in [1.807, 2.05) is 46.8 Å². The monoisotopic (exact) mass is 617 g/mol. The Kier molecular flexibility index (Phi) is 10.5. The number of nitrogens with zero attached hydrogens (tertiary/aromatic N) is 2. The molecule has 0 radical (unpaired) electrons. The van der Waals surface area contributed by atoms with Crippen LogP contribution in [0.1, 0.15) is 51.3 Å². The van der Waals surface area contributed by atoms with E-state index in [2.05, 4.69) is 5.32 Å². The highest BCUT2D eigenvalue weighted by Crippen LogP contribution is 2.29. The first-order chi connectivity index (χ1) is 19.1. The lowest BCUT2D eigenvalue weighted by molar-refractivity contribution is -0.140. The number of hydrogen-bond acceptors (Lipinski definition) is 4. The zero-order valence-corrected chi connectivity index (χ0v) is 26.6. The largest absolute Gasteiger partial charge is 0.350 e. The predicted molar refractivity (Wildman–Crippen MR) is 166 cm³/mol. The van der Waals surface area contributed by atoms with Crippen LogP contribution in [0.25, 0.3) is 0 Å². The highest BCUT2D eigenvalue weighted by Gasteiger charge is 2.34. The van der Waals surface area contributed by atoms with Crippen LogP contribution in [-0.2, 0) is 32.6 Å². The quantitative estimate of drug-likeness (QED) is 0.285. The summed E-state index contributed by atoms with van der Waals surface area (Å²) in [5.41, 5.74) is 2.10. The van der Waals surface area contributed by atoms with E-state index >= 15 is 0 Å². The molecule has 1 atom stereocenters. The number of sulfonamides is 1. The Morgan fingerprint density at radius 3 is 2.17 bits per heavy atom. The van der Waals surface area contributed by atoms with Crippen molar-refractivity contribution >= 4 is 50.7 Å².